The Kier molecular flexibility index (Phi) is 4.22. The quantitative estimate of drug-likeness (QED) is 0.895. The first-order valence-corrected chi connectivity index (χ1v) is 6.12. The van der Waals surface area contributed by atoms with Crippen LogP contribution in [0.4, 0.5) is 5.69 Å². The van der Waals surface area contributed by atoms with Crippen LogP contribution in [0, 0.1) is 11.3 Å². The zero-order valence-corrected chi connectivity index (χ0v) is 10.6. The molecule has 1 N–H and O–H groups in total. The van der Waals surface area contributed by atoms with Gasteiger partial charge in [-0.2, -0.15) is 5.26 Å². The van der Waals surface area contributed by atoms with Crippen molar-refractivity contribution in [1.29, 1.82) is 5.26 Å². The second-order valence-electron chi connectivity index (χ2n) is 3.95. The van der Waals surface area contributed by atoms with Crippen molar-refractivity contribution in [3.63, 3.8) is 0 Å². The fourth-order valence-electron chi connectivity index (χ4n) is 1.74. The summed E-state index contributed by atoms with van der Waals surface area (Å²) in [6.07, 6.45) is 0. The summed E-state index contributed by atoms with van der Waals surface area (Å²) in [7, 11) is 0. The Morgan fingerprint density at radius 1 is 1.06 bits per heavy atom. The van der Waals surface area contributed by atoms with Crippen molar-refractivity contribution in [2.24, 2.45) is 0 Å². The van der Waals surface area contributed by atoms with Gasteiger partial charge in [0, 0.05) is 6.54 Å². The summed E-state index contributed by atoms with van der Waals surface area (Å²) in [5.41, 5.74) is 1.87. The van der Waals surface area contributed by atoms with Gasteiger partial charge in [-0.05, 0) is 17.7 Å². The summed E-state index contributed by atoms with van der Waals surface area (Å²) >= 11 is 6.05. The van der Waals surface area contributed by atoms with E-state index in [2.05, 4.69) is 11.4 Å². The second kappa shape index (κ2) is 6.09. The normalized spacial score (nSPS) is 11.6. The summed E-state index contributed by atoms with van der Waals surface area (Å²) in [6, 6.07) is 19.6. The minimum atomic E-state index is -0.178. The first-order valence-electron chi connectivity index (χ1n) is 5.74. The van der Waals surface area contributed by atoms with Gasteiger partial charge in [-0.3, -0.25) is 0 Å². The van der Waals surface area contributed by atoms with Crippen molar-refractivity contribution in [1.82, 2.24) is 0 Å². The van der Waals surface area contributed by atoms with Crippen molar-refractivity contribution in [3.05, 3.63) is 65.2 Å². The fraction of sp³-hybridized carbons (Fsp3) is 0.133. The van der Waals surface area contributed by atoms with Gasteiger partial charge in [-0.25, -0.2) is 0 Å². The molecule has 1 unspecified atom stereocenters. The van der Waals surface area contributed by atoms with Crippen LogP contribution in [-0.2, 0) is 0 Å². The van der Waals surface area contributed by atoms with Crippen molar-refractivity contribution < 1.29 is 0 Å². The van der Waals surface area contributed by atoms with Gasteiger partial charge in [0.1, 0.15) is 0 Å². The molecule has 18 heavy (non-hydrogen) atoms. The first kappa shape index (κ1) is 12.5. The zero-order valence-electron chi connectivity index (χ0n) is 9.81. The molecule has 1 atom stereocenters. The van der Waals surface area contributed by atoms with Gasteiger partial charge >= 0.3 is 0 Å². The molecule has 0 saturated carbocycles. The number of anilines is 1. The van der Waals surface area contributed by atoms with E-state index in [-0.39, 0.29) is 5.92 Å². The predicted molar refractivity (Wildman–Crippen MR) is 74.7 cm³/mol. The number of nitrogens with one attached hydrogen (secondary N) is 1. The molecule has 0 aliphatic rings. The highest BCUT2D eigenvalue weighted by Crippen LogP contribution is 2.22. The van der Waals surface area contributed by atoms with E-state index in [0.717, 1.165) is 11.3 Å². The Hall–Kier alpha value is -1.98. The highest BCUT2D eigenvalue weighted by molar-refractivity contribution is 6.33. The van der Waals surface area contributed by atoms with E-state index in [9.17, 15) is 5.26 Å². The molecule has 90 valence electrons. The highest BCUT2D eigenvalue weighted by atomic mass is 35.5. The van der Waals surface area contributed by atoms with Gasteiger partial charge in [0.15, 0.2) is 0 Å². The van der Waals surface area contributed by atoms with Crippen LogP contribution in [-0.4, -0.2) is 6.54 Å². The van der Waals surface area contributed by atoms with E-state index in [0.29, 0.717) is 11.6 Å². The van der Waals surface area contributed by atoms with E-state index in [4.69, 9.17) is 11.6 Å². The van der Waals surface area contributed by atoms with Gasteiger partial charge in [-0.15, -0.1) is 0 Å². The van der Waals surface area contributed by atoms with Crippen LogP contribution in [0.25, 0.3) is 0 Å². The minimum absolute atomic E-state index is 0.178. The lowest BCUT2D eigenvalue weighted by atomic mass is 10.0. The molecule has 3 heteroatoms. The maximum absolute atomic E-state index is 9.20. The Morgan fingerprint density at radius 2 is 1.72 bits per heavy atom. The number of halogens is 1. The number of nitriles is 1. The van der Waals surface area contributed by atoms with E-state index in [1.807, 2.05) is 54.6 Å². The van der Waals surface area contributed by atoms with Gasteiger partial charge in [0.25, 0.3) is 0 Å². The van der Waals surface area contributed by atoms with Gasteiger partial charge < -0.3 is 5.32 Å². The molecule has 0 spiro atoms. The van der Waals surface area contributed by atoms with E-state index in [1.54, 1.807) is 0 Å². The molecule has 0 fully saturated rings. The van der Waals surface area contributed by atoms with E-state index < -0.39 is 0 Å². The summed E-state index contributed by atoms with van der Waals surface area (Å²) < 4.78 is 0. The number of hydrogen-bond donors (Lipinski definition) is 1. The van der Waals surface area contributed by atoms with Crippen LogP contribution < -0.4 is 5.32 Å². The monoisotopic (exact) mass is 256 g/mol. The second-order valence-corrected chi connectivity index (χ2v) is 4.36. The molecular formula is C15H13ClN2. The maximum Gasteiger partial charge on any atom is 0.0885 e. The molecule has 0 aliphatic carbocycles. The fourth-order valence-corrected chi connectivity index (χ4v) is 1.94. The lowest BCUT2D eigenvalue weighted by Crippen LogP contribution is -2.11. The van der Waals surface area contributed by atoms with Crippen molar-refractivity contribution in [2.45, 2.75) is 5.92 Å². The standard InChI is InChI=1S/C15H13ClN2/c16-14-8-4-5-9-15(14)18-11-13(10-17)12-6-2-1-3-7-12/h1-9,13,18H,11H2. The maximum atomic E-state index is 9.20. The Bertz CT molecular complexity index is 546. The molecule has 0 aromatic heterocycles. The largest absolute Gasteiger partial charge is 0.382 e. The number of hydrogen-bond acceptors (Lipinski definition) is 2. The number of benzene rings is 2. The molecule has 0 bridgehead atoms. The van der Waals surface area contributed by atoms with Crippen LogP contribution in [0.3, 0.4) is 0 Å². The molecule has 0 saturated heterocycles. The highest BCUT2D eigenvalue weighted by Gasteiger charge is 2.10. The average molecular weight is 257 g/mol. The smallest absolute Gasteiger partial charge is 0.0885 e. The molecular weight excluding hydrogens is 244 g/mol. The van der Waals surface area contributed by atoms with Crippen LogP contribution in [0.1, 0.15) is 11.5 Å². The number of para-hydroxylation sites is 1. The van der Waals surface area contributed by atoms with Crippen LogP contribution in [0.2, 0.25) is 5.02 Å². The molecule has 0 radical (unpaired) electrons. The first-order chi connectivity index (χ1) is 8.81. The lowest BCUT2D eigenvalue weighted by molar-refractivity contribution is 0.901. The number of rotatable bonds is 4. The van der Waals surface area contributed by atoms with Crippen molar-refractivity contribution in [3.8, 4) is 6.07 Å². The average Bonchev–Trinajstić information content (AvgIpc) is 2.42. The Balaban J connectivity index is 2.05. The third-order valence-electron chi connectivity index (χ3n) is 2.73. The molecule has 2 rings (SSSR count). The van der Waals surface area contributed by atoms with Gasteiger partial charge in [-0.1, -0.05) is 54.1 Å². The summed E-state index contributed by atoms with van der Waals surface area (Å²) in [6.45, 7) is 0.546. The third kappa shape index (κ3) is 3.03. The zero-order chi connectivity index (χ0) is 12.8. The lowest BCUT2D eigenvalue weighted by Gasteiger charge is -2.12. The minimum Gasteiger partial charge on any atom is -0.382 e. The third-order valence-corrected chi connectivity index (χ3v) is 3.06. The van der Waals surface area contributed by atoms with E-state index in [1.165, 1.54) is 0 Å². The molecule has 0 aliphatic heterocycles. The van der Waals surface area contributed by atoms with E-state index >= 15 is 0 Å². The van der Waals surface area contributed by atoms with Crippen LogP contribution in [0.15, 0.2) is 54.6 Å². The van der Waals surface area contributed by atoms with Crippen molar-refractivity contribution in [2.75, 3.05) is 11.9 Å². The molecule has 2 nitrogen and oxygen atoms in total. The topological polar surface area (TPSA) is 35.8 Å². The molecule has 2 aromatic rings. The predicted octanol–water partition coefficient (Wildman–Crippen LogP) is 4.06. The molecule has 0 heterocycles. The SMILES string of the molecule is N#CC(CNc1ccccc1Cl)c1ccccc1. The van der Waals surface area contributed by atoms with Crippen LogP contribution >= 0.6 is 11.6 Å². The van der Waals surface area contributed by atoms with Crippen molar-refractivity contribution >= 4 is 17.3 Å². The summed E-state index contributed by atoms with van der Waals surface area (Å²) in [5.74, 6) is -0.178. The summed E-state index contributed by atoms with van der Waals surface area (Å²) in [5, 5.41) is 13.1. The molecule has 0 amide bonds. The Morgan fingerprint density at radius 3 is 2.39 bits per heavy atom. The summed E-state index contributed by atoms with van der Waals surface area (Å²) in [4.78, 5) is 0. The van der Waals surface area contributed by atoms with Gasteiger partial charge in [0.2, 0.25) is 0 Å². The van der Waals surface area contributed by atoms with Gasteiger partial charge in [0.05, 0.1) is 22.7 Å². The van der Waals surface area contributed by atoms with Crippen LogP contribution in [0.5, 0.6) is 0 Å². The Labute approximate surface area is 112 Å². The number of nitrogens with zero attached hydrogens (tertiary/aromatic N) is 1. The molecule has 2 aromatic carbocycles.